The van der Waals surface area contributed by atoms with E-state index in [1.807, 2.05) is 4.90 Å². The van der Waals surface area contributed by atoms with Crippen LogP contribution in [0.15, 0.2) is 18.2 Å². The Labute approximate surface area is 224 Å². The molecule has 0 aliphatic carbocycles. The number of rotatable bonds is 5. The number of carbonyl (C=O) groups excluding carboxylic acids is 2. The number of piperidine rings is 2. The van der Waals surface area contributed by atoms with E-state index in [4.69, 9.17) is 18.9 Å². The number of carbonyl (C=O) groups is 2. The second-order valence-corrected chi connectivity index (χ2v) is 11.5. The molecule has 3 atom stereocenters. The molecule has 0 aromatic heterocycles. The van der Waals surface area contributed by atoms with Gasteiger partial charge in [0.05, 0.1) is 25.5 Å². The Balaban J connectivity index is 0.00000308. The number of nitrogens with zero attached hydrogens (tertiary/aromatic N) is 3. The number of hydrogen-bond acceptors (Lipinski definition) is 7. The van der Waals surface area contributed by atoms with Crippen molar-refractivity contribution in [3.63, 3.8) is 0 Å². The third-order valence-electron chi connectivity index (χ3n) is 9.36. The molecule has 2 amide bonds. The molecule has 1 aromatic rings. The molecular weight excluding hydrogens is 493 g/mol. The lowest BCUT2D eigenvalue weighted by molar-refractivity contribution is 0.0194. The lowest BCUT2D eigenvalue weighted by Gasteiger charge is -2.47. The van der Waals surface area contributed by atoms with Gasteiger partial charge in [0.25, 0.3) is 0 Å². The molecule has 38 heavy (non-hydrogen) atoms. The molecule has 1 aromatic carbocycles. The zero-order valence-electron chi connectivity index (χ0n) is 22.1. The summed E-state index contributed by atoms with van der Waals surface area (Å²) in [7, 11) is 1.60. The van der Waals surface area contributed by atoms with Crippen LogP contribution in [0.3, 0.4) is 0 Å². The van der Waals surface area contributed by atoms with Gasteiger partial charge in [-0.2, -0.15) is 0 Å². The van der Waals surface area contributed by atoms with Gasteiger partial charge in [0.15, 0.2) is 0 Å². The molecule has 1 spiro atoms. The van der Waals surface area contributed by atoms with Crippen LogP contribution in [0.2, 0.25) is 0 Å². The summed E-state index contributed by atoms with van der Waals surface area (Å²) in [4.78, 5) is 32.0. The lowest BCUT2D eigenvalue weighted by Crippen LogP contribution is -2.55. The van der Waals surface area contributed by atoms with E-state index < -0.39 is 0 Å². The molecule has 9 nitrogen and oxygen atoms in total. The van der Waals surface area contributed by atoms with E-state index in [1.165, 1.54) is 6.07 Å². The van der Waals surface area contributed by atoms with Gasteiger partial charge in [0.2, 0.25) is 0 Å². The minimum atomic E-state index is -0.367. The zero-order chi connectivity index (χ0) is 26.3. The Bertz CT molecular complexity index is 1030. The fraction of sp³-hybridized carbons (Fsp3) is 0.714. The van der Waals surface area contributed by atoms with Gasteiger partial charge >= 0.3 is 12.2 Å². The van der Waals surface area contributed by atoms with Gasteiger partial charge in [-0.25, -0.2) is 14.0 Å². The number of anilines is 1. The van der Waals surface area contributed by atoms with E-state index in [9.17, 15) is 14.0 Å². The van der Waals surface area contributed by atoms with E-state index >= 15 is 0 Å². The lowest BCUT2D eigenvalue weighted by atomic mass is 9.73. The SMILES string of the molecule is COCCOC(=O)N1C2CCC1CC(N1CCC3(CC1)CN(C(=O)O[C@H]1CCOC1)c1ccc(F)cc13)C2.[HH]. The first kappa shape index (κ1) is 25.8. The van der Waals surface area contributed by atoms with E-state index in [0.29, 0.717) is 38.8 Å². The first-order valence-electron chi connectivity index (χ1n) is 14.0. The van der Waals surface area contributed by atoms with Crippen molar-refractivity contribution in [1.82, 2.24) is 9.80 Å². The van der Waals surface area contributed by atoms with Crippen LogP contribution in [0.4, 0.5) is 19.7 Å². The number of fused-ring (bicyclic) bond motifs is 4. The summed E-state index contributed by atoms with van der Waals surface area (Å²) in [5.74, 6) is -0.272. The van der Waals surface area contributed by atoms with Gasteiger partial charge in [0, 0.05) is 45.0 Å². The number of methoxy groups -OCH3 is 1. The van der Waals surface area contributed by atoms with Crippen molar-refractivity contribution in [3.05, 3.63) is 29.6 Å². The highest BCUT2D eigenvalue weighted by molar-refractivity contribution is 5.91. The van der Waals surface area contributed by atoms with Gasteiger partial charge in [-0.1, -0.05) is 0 Å². The molecule has 5 heterocycles. The van der Waals surface area contributed by atoms with Crippen molar-refractivity contribution in [2.24, 2.45) is 0 Å². The van der Waals surface area contributed by atoms with Gasteiger partial charge in [-0.05, 0) is 75.4 Å². The maximum absolute atomic E-state index is 14.4. The van der Waals surface area contributed by atoms with Gasteiger partial charge in [-0.15, -0.1) is 0 Å². The summed E-state index contributed by atoms with van der Waals surface area (Å²) in [6.45, 7) is 4.02. The predicted octanol–water partition coefficient (Wildman–Crippen LogP) is 3.93. The van der Waals surface area contributed by atoms with Crippen LogP contribution in [0.25, 0.3) is 0 Å². The fourth-order valence-corrected chi connectivity index (χ4v) is 7.39. The van der Waals surface area contributed by atoms with Crippen LogP contribution in [0.1, 0.15) is 51.9 Å². The van der Waals surface area contributed by atoms with Crippen molar-refractivity contribution in [3.8, 4) is 0 Å². The predicted molar refractivity (Wildman–Crippen MR) is 139 cm³/mol. The third kappa shape index (κ3) is 4.75. The minimum absolute atomic E-state index is 0. The van der Waals surface area contributed by atoms with Crippen LogP contribution in [0.5, 0.6) is 0 Å². The summed E-state index contributed by atoms with van der Waals surface area (Å²) in [6, 6.07) is 5.62. The number of ether oxygens (including phenoxy) is 4. The summed E-state index contributed by atoms with van der Waals surface area (Å²) in [5, 5.41) is 0. The van der Waals surface area contributed by atoms with E-state index in [1.54, 1.807) is 24.1 Å². The van der Waals surface area contributed by atoms with E-state index in [-0.39, 0.29) is 49.6 Å². The van der Waals surface area contributed by atoms with E-state index in [0.717, 1.165) is 62.9 Å². The Morgan fingerprint density at radius 2 is 1.84 bits per heavy atom. The van der Waals surface area contributed by atoms with Crippen molar-refractivity contribution in [2.45, 2.75) is 74.6 Å². The largest absolute Gasteiger partial charge is 0.447 e. The molecular formula is C28H40FN3O6. The number of benzene rings is 1. The molecule has 2 bridgehead atoms. The normalized spacial score (nSPS) is 30.1. The number of amides is 2. The summed E-state index contributed by atoms with van der Waals surface area (Å²) in [6.07, 6.45) is 5.57. The third-order valence-corrected chi connectivity index (χ3v) is 9.36. The Morgan fingerprint density at radius 1 is 1.08 bits per heavy atom. The van der Waals surface area contributed by atoms with Crippen LogP contribution in [-0.2, 0) is 24.4 Å². The molecule has 10 heteroatoms. The van der Waals surface area contributed by atoms with Crippen molar-refractivity contribution in [2.75, 3.05) is 58.1 Å². The Hall–Kier alpha value is -2.43. The van der Waals surface area contributed by atoms with Crippen LogP contribution in [0, 0.1) is 5.82 Å². The maximum atomic E-state index is 14.4. The molecule has 6 rings (SSSR count). The standard InChI is InChI=1S/C28H38FN3O6.H2/c1-35-12-13-37-27(34)32-20-3-4-21(32)16-22(15-20)30-9-7-28(8-10-30)18-31(25-5-2-19(29)14-24(25)28)26(33)38-23-6-11-36-17-23;/h2,5,14,20-23H,3-4,6-13,15-18H2,1H3;1H/t20?,21?,22?,23-;/m0./s1. The van der Waals surface area contributed by atoms with Crippen molar-refractivity contribution >= 4 is 17.9 Å². The molecule has 0 N–H and O–H groups in total. The smallest absolute Gasteiger partial charge is 0.414 e. The average molecular weight is 534 g/mol. The molecule has 4 fully saturated rings. The second-order valence-electron chi connectivity index (χ2n) is 11.5. The molecule has 0 radical (unpaired) electrons. The highest BCUT2D eigenvalue weighted by atomic mass is 19.1. The highest BCUT2D eigenvalue weighted by Crippen LogP contribution is 2.49. The molecule has 2 unspecified atom stereocenters. The molecule has 5 aliphatic heterocycles. The maximum Gasteiger partial charge on any atom is 0.414 e. The molecule has 5 aliphatic rings. The summed E-state index contributed by atoms with van der Waals surface area (Å²) < 4.78 is 35.9. The highest BCUT2D eigenvalue weighted by Gasteiger charge is 2.50. The van der Waals surface area contributed by atoms with Gasteiger partial charge in [-0.3, -0.25) is 4.90 Å². The van der Waals surface area contributed by atoms with E-state index in [2.05, 4.69) is 4.90 Å². The number of hydrogen-bond donors (Lipinski definition) is 0. The number of likely N-dealkylation sites (tertiary alicyclic amines) is 1. The monoisotopic (exact) mass is 533 g/mol. The van der Waals surface area contributed by atoms with Crippen molar-refractivity contribution in [1.29, 1.82) is 0 Å². The fourth-order valence-electron chi connectivity index (χ4n) is 7.39. The van der Waals surface area contributed by atoms with Gasteiger partial charge in [0.1, 0.15) is 18.5 Å². The van der Waals surface area contributed by atoms with Crippen LogP contribution >= 0.6 is 0 Å². The van der Waals surface area contributed by atoms with Crippen LogP contribution in [-0.4, -0.2) is 99.4 Å². The summed E-state index contributed by atoms with van der Waals surface area (Å²) >= 11 is 0. The average Bonchev–Trinajstić information content (AvgIpc) is 3.60. The molecule has 0 saturated carbocycles. The molecule has 210 valence electrons. The first-order valence-corrected chi connectivity index (χ1v) is 14.0. The topological polar surface area (TPSA) is 80.8 Å². The quantitative estimate of drug-likeness (QED) is 0.531. The minimum Gasteiger partial charge on any atom is -0.447 e. The molecule has 4 saturated heterocycles. The summed E-state index contributed by atoms with van der Waals surface area (Å²) in [5.41, 5.74) is 1.41. The zero-order valence-corrected chi connectivity index (χ0v) is 22.1. The van der Waals surface area contributed by atoms with Crippen LogP contribution < -0.4 is 4.90 Å². The Kier molecular flexibility index (Phi) is 7.22. The number of halogens is 1. The van der Waals surface area contributed by atoms with Gasteiger partial charge < -0.3 is 28.7 Å². The second kappa shape index (κ2) is 10.6. The Morgan fingerprint density at radius 3 is 2.53 bits per heavy atom. The first-order chi connectivity index (χ1) is 18.5. The van der Waals surface area contributed by atoms with Crippen molar-refractivity contribution < 1.29 is 34.4 Å².